The number of aromatic amines is 1. The molecule has 0 aliphatic carbocycles. The normalized spacial score (nSPS) is 10.6. The summed E-state index contributed by atoms with van der Waals surface area (Å²) < 4.78 is 5.24. The summed E-state index contributed by atoms with van der Waals surface area (Å²) >= 11 is 2.65. The largest absolute Gasteiger partial charge is 0.463 e. The summed E-state index contributed by atoms with van der Waals surface area (Å²) in [6.07, 6.45) is 3.15. The van der Waals surface area contributed by atoms with Crippen LogP contribution in [0.15, 0.2) is 39.4 Å². The summed E-state index contributed by atoms with van der Waals surface area (Å²) in [5.41, 5.74) is 0.708. The van der Waals surface area contributed by atoms with Crippen molar-refractivity contribution in [3.63, 3.8) is 0 Å². The molecule has 1 amide bonds. The van der Waals surface area contributed by atoms with Crippen molar-refractivity contribution in [1.29, 1.82) is 0 Å². The number of aromatic nitrogens is 4. The minimum Gasteiger partial charge on any atom is -0.463 e. The van der Waals surface area contributed by atoms with Gasteiger partial charge >= 0.3 is 0 Å². The Morgan fingerprint density at radius 1 is 1.55 bits per heavy atom. The van der Waals surface area contributed by atoms with E-state index in [1.54, 1.807) is 18.5 Å². The standard InChI is InChI=1S/C11H9N5O2S2/c17-9(6-19-10-4-12-16-15-10)14-11-13-7(5-20-11)8-2-1-3-18-8/h1-5H,6H2,(H,12,15,16)(H,13,14,17). The summed E-state index contributed by atoms with van der Waals surface area (Å²) in [6, 6.07) is 3.61. The van der Waals surface area contributed by atoms with E-state index >= 15 is 0 Å². The lowest BCUT2D eigenvalue weighted by Crippen LogP contribution is -2.13. The third-order valence-electron chi connectivity index (χ3n) is 2.27. The van der Waals surface area contributed by atoms with Crippen LogP contribution in [0.5, 0.6) is 0 Å². The van der Waals surface area contributed by atoms with Gasteiger partial charge in [0.1, 0.15) is 10.7 Å². The molecule has 0 saturated carbocycles. The highest BCUT2D eigenvalue weighted by molar-refractivity contribution is 7.99. The molecule has 3 heterocycles. The smallest absolute Gasteiger partial charge is 0.236 e. The zero-order valence-corrected chi connectivity index (χ0v) is 11.7. The minimum absolute atomic E-state index is 0.140. The van der Waals surface area contributed by atoms with E-state index < -0.39 is 0 Å². The number of furan rings is 1. The van der Waals surface area contributed by atoms with Gasteiger partial charge in [-0.05, 0) is 12.1 Å². The molecule has 0 aromatic carbocycles. The molecule has 3 aromatic rings. The second-order valence-electron chi connectivity index (χ2n) is 3.66. The van der Waals surface area contributed by atoms with Gasteiger partial charge in [-0.3, -0.25) is 4.79 Å². The summed E-state index contributed by atoms with van der Waals surface area (Å²) in [4.78, 5) is 16.0. The van der Waals surface area contributed by atoms with Crippen LogP contribution in [0, 0.1) is 0 Å². The third-order valence-corrected chi connectivity index (χ3v) is 3.92. The number of nitrogens with zero attached hydrogens (tertiary/aromatic N) is 3. The molecule has 102 valence electrons. The number of carbonyl (C=O) groups excluding carboxylic acids is 1. The maximum Gasteiger partial charge on any atom is 0.236 e. The second-order valence-corrected chi connectivity index (χ2v) is 5.51. The number of thiazole rings is 1. The number of H-pyrrole nitrogens is 1. The van der Waals surface area contributed by atoms with Gasteiger partial charge in [-0.15, -0.1) is 16.4 Å². The summed E-state index contributed by atoms with van der Waals surface area (Å²) in [6.45, 7) is 0. The highest BCUT2D eigenvalue weighted by Gasteiger charge is 2.10. The van der Waals surface area contributed by atoms with Crippen LogP contribution >= 0.6 is 23.1 Å². The lowest BCUT2D eigenvalue weighted by molar-refractivity contribution is -0.113. The van der Waals surface area contributed by atoms with E-state index in [1.165, 1.54) is 23.1 Å². The van der Waals surface area contributed by atoms with Crippen LogP contribution in [0.2, 0.25) is 0 Å². The first-order valence-corrected chi connectivity index (χ1v) is 7.45. The minimum atomic E-state index is -0.140. The molecular weight excluding hydrogens is 298 g/mol. The maximum atomic E-state index is 11.8. The fourth-order valence-electron chi connectivity index (χ4n) is 1.42. The van der Waals surface area contributed by atoms with Gasteiger partial charge in [-0.25, -0.2) is 4.98 Å². The molecule has 0 spiro atoms. The zero-order chi connectivity index (χ0) is 13.8. The Bertz CT molecular complexity index is 678. The van der Waals surface area contributed by atoms with Crippen molar-refractivity contribution >= 4 is 34.1 Å². The van der Waals surface area contributed by atoms with E-state index in [4.69, 9.17) is 4.42 Å². The summed E-state index contributed by atoms with van der Waals surface area (Å²) in [5.74, 6) is 0.791. The Kier molecular flexibility index (Phi) is 3.79. The first-order valence-electron chi connectivity index (χ1n) is 5.59. The van der Waals surface area contributed by atoms with Crippen molar-refractivity contribution in [2.24, 2.45) is 0 Å². The number of thioether (sulfide) groups is 1. The molecule has 0 bridgehead atoms. The van der Waals surface area contributed by atoms with Crippen LogP contribution in [0.1, 0.15) is 0 Å². The Labute approximate surface area is 121 Å². The van der Waals surface area contributed by atoms with Crippen molar-refractivity contribution in [2.45, 2.75) is 5.03 Å². The van der Waals surface area contributed by atoms with E-state index in [0.717, 1.165) is 0 Å². The lowest BCUT2D eigenvalue weighted by Gasteiger charge is -1.99. The Hall–Kier alpha value is -2.13. The van der Waals surface area contributed by atoms with Crippen molar-refractivity contribution in [3.05, 3.63) is 30.0 Å². The Morgan fingerprint density at radius 3 is 3.25 bits per heavy atom. The van der Waals surface area contributed by atoms with Crippen LogP contribution in [-0.2, 0) is 4.79 Å². The average Bonchev–Trinajstić information content (AvgIpc) is 3.18. The van der Waals surface area contributed by atoms with Crippen LogP contribution in [0.4, 0.5) is 5.13 Å². The van der Waals surface area contributed by atoms with Crippen LogP contribution in [0.3, 0.4) is 0 Å². The van der Waals surface area contributed by atoms with Gasteiger partial charge in [0.15, 0.2) is 10.9 Å². The molecule has 3 rings (SSSR count). The highest BCUT2D eigenvalue weighted by atomic mass is 32.2. The Balaban J connectivity index is 1.56. The third kappa shape index (κ3) is 3.06. The monoisotopic (exact) mass is 307 g/mol. The number of amides is 1. The molecule has 0 fully saturated rings. The molecule has 0 saturated heterocycles. The Morgan fingerprint density at radius 2 is 2.50 bits per heavy atom. The fourth-order valence-corrected chi connectivity index (χ4v) is 2.72. The molecule has 0 aliphatic rings. The lowest BCUT2D eigenvalue weighted by atomic mass is 10.4. The molecule has 0 unspecified atom stereocenters. The first-order chi connectivity index (χ1) is 9.81. The predicted molar refractivity (Wildman–Crippen MR) is 75.6 cm³/mol. The molecule has 0 atom stereocenters. The molecular formula is C11H9N5O2S2. The molecule has 0 radical (unpaired) electrons. The topological polar surface area (TPSA) is 96.7 Å². The van der Waals surface area contributed by atoms with Gasteiger partial charge in [0.25, 0.3) is 0 Å². The average molecular weight is 307 g/mol. The van der Waals surface area contributed by atoms with Crippen molar-refractivity contribution in [3.8, 4) is 11.5 Å². The number of hydrogen-bond acceptors (Lipinski definition) is 7. The van der Waals surface area contributed by atoms with Crippen molar-refractivity contribution in [1.82, 2.24) is 20.4 Å². The number of carbonyl (C=O) groups is 1. The van der Waals surface area contributed by atoms with E-state index in [2.05, 4.69) is 25.7 Å². The molecule has 2 N–H and O–H groups in total. The van der Waals surface area contributed by atoms with E-state index in [1.807, 2.05) is 11.4 Å². The van der Waals surface area contributed by atoms with Gasteiger partial charge in [-0.2, -0.15) is 10.3 Å². The predicted octanol–water partition coefficient (Wildman–Crippen LogP) is 2.25. The second kappa shape index (κ2) is 5.88. The first kappa shape index (κ1) is 12.9. The number of nitrogens with one attached hydrogen (secondary N) is 2. The molecule has 0 aliphatic heterocycles. The fraction of sp³-hybridized carbons (Fsp3) is 0.0909. The number of anilines is 1. The number of rotatable bonds is 5. The van der Waals surface area contributed by atoms with Crippen molar-refractivity contribution < 1.29 is 9.21 Å². The van der Waals surface area contributed by atoms with Gasteiger partial charge < -0.3 is 9.73 Å². The zero-order valence-electron chi connectivity index (χ0n) is 10.1. The quantitative estimate of drug-likeness (QED) is 0.702. The summed E-state index contributed by atoms with van der Waals surface area (Å²) in [5, 5.41) is 15.8. The summed E-state index contributed by atoms with van der Waals surface area (Å²) in [7, 11) is 0. The van der Waals surface area contributed by atoms with Crippen molar-refractivity contribution in [2.75, 3.05) is 11.1 Å². The van der Waals surface area contributed by atoms with Crippen LogP contribution in [0.25, 0.3) is 11.5 Å². The van der Waals surface area contributed by atoms with Gasteiger partial charge in [0.05, 0.1) is 18.2 Å². The highest BCUT2D eigenvalue weighted by Crippen LogP contribution is 2.25. The van der Waals surface area contributed by atoms with Gasteiger partial charge in [0, 0.05) is 5.38 Å². The molecule has 3 aromatic heterocycles. The van der Waals surface area contributed by atoms with Gasteiger partial charge in [0.2, 0.25) is 5.91 Å². The van der Waals surface area contributed by atoms with Gasteiger partial charge in [-0.1, -0.05) is 11.8 Å². The maximum absolute atomic E-state index is 11.8. The number of hydrogen-bond donors (Lipinski definition) is 2. The van der Waals surface area contributed by atoms with E-state index in [9.17, 15) is 4.79 Å². The SMILES string of the molecule is O=C(CSc1cn[nH]n1)Nc1nc(-c2ccco2)cs1. The molecule has 7 nitrogen and oxygen atoms in total. The van der Waals surface area contributed by atoms with E-state index in [-0.39, 0.29) is 11.7 Å². The van der Waals surface area contributed by atoms with Crippen LogP contribution < -0.4 is 5.32 Å². The molecule has 20 heavy (non-hydrogen) atoms. The van der Waals surface area contributed by atoms with Crippen LogP contribution in [-0.4, -0.2) is 32.1 Å². The molecule has 9 heteroatoms. The van der Waals surface area contributed by atoms with E-state index in [0.29, 0.717) is 21.6 Å².